The van der Waals surface area contributed by atoms with Crippen molar-refractivity contribution in [2.24, 2.45) is 5.10 Å². The summed E-state index contributed by atoms with van der Waals surface area (Å²) in [7, 11) is 0. The van der Waals surface area contributed by atoms with Gasteiger partial charge in [0.2, 0.25) is 0 Å². The van der Waals surface area contributed by atoms with E-state index >= 15 is 0 Å². The van der Waals surface area contributed by atoms with Crippen LogP contribution in [0.5, 0.6) is 0 Å². The van der Waals surface area contributed by atoms with E-state index in [-0.39, 0.29) is 0 Å². The summed E-state index contributed by atoms with van der Waals surface area (Å²) in [6, 6.07) is 24.4. The zero-order chi connectivity index (χ0) is 22.5. The predicted molar refractivity (Wildman–Crippen MR) is 128 cm³/mol. The molecule has 1 N–H and O–H groups in total. The maximum absolute atomic E-state index is 12.5. The van der Waals surface area contributed by atoms with Crippen LogP contribution in [0.1, 0.15) is 22.6 Å². The molecule has 0 unspecified atom stereocenters. The zero-order valence-corrected chi connectivity index (χ0v) is 18.4. The molecule has 0 aliphatic rings. The lowest BCUT2D eigenvalue weighted by Crippen LogP contribution is -2.24. The second-order valence-corrected chi connectivity index (χ2v) is 8.00. The minimum Gasteiger partial charge on any atom is -0.342 e. The van der Waals surface area contributed by atoms with Crippen molar-refractivity contribution in [3.63, 3.8) is 0 Å². The van der Waals surface area contributed by atoms with Gasteiger partial charge < -0.3 is 4.57 Å². The Kier molecular flexibility index (Phi) is 6.55. The topological polar surface area (TPSA) is 70.2 Å². The standard InChI is InChI=1S/C25H18Cl2N4O/c26-22-11-10-17(12-23(22)27)15-31-16-19(20-8-4-5-9-24(20)31)14-29-30-25(32)21(13-28)18-6-2-1-3-7-18/h1-12,14,16,21H,15H2,(H,30,32)/b29-14-/t21-/m1/s1. The summed E-state index contributed by atoms with van der Waals surface area (Å²) in [5.41, 5.74) is 5.98. The number of nitrogens with zero attached hydrogens (tertiary/aromatic N) is 3. The Morgan fingerprint density at radius 3 is 2.56 bits per heavy atom. The van der Waals surface area contributed by atoms with E-state index in [1.54, 1.807) is 36.5 Å². The highest BCUT2D eigenvalue weighted by Crippen LogP contribution is 2.25. The van der Waals surface area contributed by atoms with Crippen LogP contribution in [0.3, 0.4) is 0 Å². The van der Waals surface area contributed by atoms with Gasteiger partial charge in [0.1, 0.15) is 0 Å². The van der Waals surface area contributed by atoms with E-state index in [1.807, 2.05) is 54.7 Å². The molecule has 4 aromatic rings. The SMILES string of the molecule is N#C[C@@H](C(=O)N/N=C\c1cn(Cc2ccc(Cl)c(Cl)c2)c2ccccc12)c1ccccc1. The molecule has 0 bridgehead atoms. The van der Waals surface area contributed by atoms with E-state index in [1.165, 1.54) is 0 Å². The Labute approximate surface area is 195 Å². The maximum atomic E-state index is 12.5. The van der Waals surface area contributed by atoms with Gasteiger partial charge in [0.25, 0.3) is 5.91 Å². The van der Waals surface area contributed by atoms with Crippen LogP contribution < -0.4 is 5.43 Å². The highest BCUT2D eigenvalue weighted by atomic mass is 35.5. The van der Waals surface area contributed by atoms with Gasteiger partial charge in [0.15, 0.2) is 5.92 Å². The summed E-state index contributed by atoms with van der Waals surface area (Å²) < 4.78 is 2.08. The molecule has 4 rings (SSSR count). The number of aromatic nitrogens is 1. The number of halogens is 2. The number of para-hydroxylation sites is 1. The van der Waals surface area contributed by atoms with Gasteiger partial charge in [-0.25, -0.2) is 5.43 Å². The first kappa shape index (κ1) is 21.6. The molecule has 0 saturated carbocycles. The molecule has 158 valence electrons. The van der Waals surface area contributed by atoms with Gasteiger partial charge in [0.05, 0.1) is 22.3 Å². The molecule has 1 aromatic heterocycles. The first-order chi connectivity index (χ1) is 15.6. The van der Waals surface area contributed by atoms with Crippen LogP contribution in [-0.4, -0.2) is 16.7 Å². The molecular weight excluding hydrogens is 443 g/mol. The smallest absolute Gasteiger partial charge is 0.261 e. The Morgan fingerprint density at radius 2 is 1.81 bits per heavy atom. The van der Waals surface area contributed by atoms with Crippen molar-refractivity contribution in [2.75, 3.05) is 0 Å². The van der Waals surface area contributed by atoms with Crippen LogP contribution in [-0.2, 0) is 11.3 Å². The number of nitrogens with one attached hydrogen (secondary N) is 1. The van der Waals surface area contributed by atoms with Crippen LogP contribution >= 0.6 is 23.2 Å². The van der Waals surface area contributed by atoms with Crippen molar-refractivity contribution in [1.82, 2.24) is 9.99 Å². The van der Waals surface area contributed by atoms with E-state index in [4.69, 9.17) is 23.2 Å². The van der Waals surface area contributed by atoms with Gasteiger partial charge in [-0.15, -0.1) is 0 Å². The number of carbonyl (C=O) groups is 1. The number of amides is 1. The zero-order valence-electron chi connectivity index (χ0n) is 16.9. The number of rotatable bonds is 6. The van der Waals surface area contributed by atoms with Crippen LogP contribution in [0.4, 0.5) is 0 Å². The third kappa shape index (κ3) is 4.67. The molecular formula is C25H18Cl2N4O. The minimum absolute atomic E-state index is 0.477. The monoisotopic (exact) mass is 460 g/mol. The Morgan fingerprint density at radius 1 is 1.06 bits per heavy atom. The van der Waals surface area contributed by atoms with Crippen molar-refractivity contribution in [3.05, 3.63) is 106 Å². The Bertz CT molecular complexity index is 1340. The molecule has 5 nitrogen and oxygen atoms in total. The second-order valence-electron chi connectivity index (χ2n) is 7.19. The summed E-state index contributed by atoms with van der Waals surface area (Å²) >= 11 is 12.2. The molecule has 1 amide bonds. The van der Waals surface area contributed by atoms with E-state index in [9.17, 15) is 10.1 Å². The highest BCUT2D eigenvalue weighted by Gasteiger charge is 2.19. The summed E-state index contributed by atoms with van der Waals surface area (Å²) in [5.74, 6) is -1.40. The van der Waals surface area contributed by atoms with Crippen LogP contribution in [0, 0.1) is 11.3 Å². The van der Waals surface area contributed by atoms with E-state index < -0.39 is 11.8 Å². The van der Waals surface area contributed by atoms with Gasteiger partial charge in [-0.1, -0.05) is 77.8 Å². The number of hydrogen-bond acceptors (Lipinski definition) is 3. The molecule has 1 heterocycles. The van der Waals surface area contributed by atoms with Crippen molar-refractivity contribution < 1.29 is 4.79 Å². The summed E-state index contributed by atoms with van der Waals surface area (Å²) in [5, 5.41) is 15.5. The van der Waals surface area contributed by atoms with Crippen LogP contribution in [0.2, 0.25) is 10.0 Å². The quantitative estimate of drug-likeness (QED) is 0.293. The highest BCUT2D eigenvalue weighted by molar-refractivity contribution is 6.42. The molecule has 0 spiro atoms. The minimum atomic E-state index is -0.927. The number of hydrazone groups is 1. The Balaban J connectivity index is 1.55. The van der Waals surface area contributed by atoms with Crippen molar-refractivity contribution in [3.8, 4) is 6.07 Å². The molecule has 0 radical (unpaired) electrons. The first-order valence-electron chi connectivity index (χ1n) is 9.86. The molecule has 1 atom stereocenters. The van der Waals surface area contributed by atoms with Crippen LogP contribution in [0.15, 0.2) is 84.1 Å². The largest absolute Gasteiger partial charge is 0.342 e. The van der Waals surface area contributed by atoms with Crippen molar-refractivity contribution in [2.45, 2.75) is 12.5 Å². The van der Waals surface area contributed by atoms with Crippen molar-refractivity contribution >= 4 is 46.2 Å². The van der Waals surface area contributed by atoms with Crippen molar-refractivity contribution in [1.29, 1.82) is 5.26 Å². The van der Waals surface area contributed by atoms with E-state index in [0.29, 0.717) is 22.2 Å². The molecule has 0 aliphatic carbocycles. The fraction of sp³-hybridized carbons (Fsp3) is 0.0800. The van der Waals surface area contributed by atoms with Gasteiger partial charge in [-0.05, 0) is 29.3 Å². The average Bonchev–Trinajstić information content (AvgIpc) is 3.15. The number of nitriles is 1. The molecule has 3 aromatic carbocycles. The number of benzene rings is 3. The summed E-state index contributed by atoms with van der Waals surface area (Å²) in [6.45, 7) is 0.599. The third-order valence-corrected chi connectivity index (χ3v) is 5.80. The molecule has 7 heteroatoms. The van der Waals surface area contributed by atoms with E-state index in [0.717, 1.165) is 22.0 Å². The van der Waals surface area contributed by atoms with Gasteiger partial charge in [-0.2, -0.15) is 10.4 Å². The van der Waals surface area contributed by atoms with Crippen LogP contribution in [0.25, 0.3) is 10.9 Å². The summed E-state index contributed by atoms with van der Waals surface area (Å²) in [4.78, 5) is 12.5. The lowest BCUT2D eigenvalue weighted by atomic mass is 10.0. The number of hydrogen-bond donors (Lipinski definition) is 1. The molecule has 0 fully saturated rings. The number of carbonyl (C=O) groups excluding carboxylic acids is 1. The third-order valence-electron chi connectivity index (χ3n) is 5.06. The molecule has 0 aliphatic heterocycles. The van der Waals surface area contributed by atoms with E-state index in [2.05, 4.69) is 15.1 Å². The summed E-state index contributed by atoms with van der Waals surface area (Å²) in [6.07, 6.45) is 3.55. The first-order valence-corrected chi connectivity index (χ1v) is 10.6. The lowest BCUT2D eigenvalue weighted by Gasteiger charge is -2.07. The maximum Gasteiger partial charge on any atom is 0.261 e. The number of fused-ring (bicyclic) bond motifs is 1. The normalized spacial score (nSPS) is 12.0. The van der Waals surface area contributed by atoms with Gasteiger partial charge in [0, 0.05) is 29.2 Å². The second kappa shape index (κ2) is 9.69. The lowest BCUT2D eigenvalue weighted by molar-refractivity contribution is -0.121. The fourth-order valence-electron chi connectivity index (χ4n) is 3.50. The predicted octanol–water partition coefficient (Wildman–Crippen LogP) is 5.75. The van der Waals surface area contributed by atoms with Gasteiger partial charge in [-0.3, -0.25) is 4.79 Å². The Hall–Kier alpha value is -3.59. The van der Waals surface area contributed by atoms with Gasteiger partial charge >= 0.3 is 0 Å². The average molecular weight is 461 g/mol. The fourth-order valence-corrected chi connectivity index (χ4v) is 3.82. The molecule has 32 heavy (non-hydrogen) atoms. The molecule has 0 saturated heterocycles.